The molecule has 0 bridgehead atoms. The van der Waals surface area contributed by atoms with E-state index in [1.807, 2.05) is 0 Å². The Morgan fingerprint density at radius 1 is 1.43 bits per heavy atom. The van der Waals surface area contributed by atoms with Crippen molar-refractivity contribution >= 4 is 12.0 Å². The number of ether oxygens (including phenoxy) is 1. The van der Waals surface area contributed by atoms with E-state index in [-0.39, 0.29) is 25.5 Å². The van der Waals surface area contributed by atoms with Crippen LogP contribution in [-0.4, -0.2) is 31.7 Å². The highest BCUT2D eigenvalue weighted by Gasteiger charge is 2.02. The number of urea groups is 1. The van der Waals surface area contributed by atoms with Crippen LogP contribution in [0.1, 0.15) is 13.3 Å². The Kier molecular flexibility index (Phi) is 6.86. The van der Waals surface area contributed by atoms with Gasteiger partial charge in [-0.05, 0) is 6.92 Å². The van der Waals surface area contributed by atoms with Crippen LogP contribution in [0.3, 0.4) is 0 Å². The van der Waals surface area contributed by atoms with Gasteiger partial charge < -0.3 is 15.4 Å². The van der Waals surface area contributed by atoms with Gasteiger partial charge in [-0.25, -0.2) is 4.79 Å². The van der Waals surface area contributed by atoms with Crippen LogP contribution >= 0.6 is 0 Å². The number of carbonyl (C=O) groups excluding carboxylic acids is 2. The fourth-order valence-electron chi connectivity index (χ4n) is 0.694. The topological polar surface area (TPSA) is 91.2 Å². The minimum atomic E-state index is -0.462. The van der Waals surface area contributed by atoms with Gasteiger partial charge in [0.25, 0.3) is 0 Å². The first-order valence-electron chi connectivity index (χ1n) is 4.25. The Bertz CT molecular complexity index is 234. The molecule has 0 heterocycles. The molecule has 6 heteroatoms. The van der Waals surface area contributed by atoms with Crippen molar-refractivity contribution in [3.05, 3.63) is 0 Å². The molecular weight excluding hydrogens is 186 g/mol. The number of hydrogen-bond donors (Lipinski definition) is 2. The van der Waals surface area contributed by atoms with Gasteiger partial charge >= 0.3 is 12.0 Å². The van der Waals surface area contributed by atoms with Gasteiger partial charge in [0.05, 0.1) is 19.1 Å². The number of nitrogens with zero attached hydrogens (tertiary/aromatic N) is 1. The first-order chi connectivity index (χ1) is 6.70. The number of carbonyl (C=O) groups is 2. The lowest BCUT2D eigenvalue weighted by atomic mass is 10.4. The molecule has 0 saturated heterocycles. The Balaban J connectivity index is 3.40. The number of rotatable bonds is 5. The molecule has 0 aromatic carbocycles. The molecule has 0 unspecified atom stereocenters. The van der Waals surface area contributed by atoms with E-state index in [0.717, 1.165) is 0 Å². The molecule has 0 radical (unpaired) electrons. The summed E-state index contributed by atoms with van der Waals surface area (Å²) in [6.45, 7) is 2.20. The summed E-state index contributed by atoms with van der Waals surface area (Å²) in [7, 11) is 0. The van der Waals surface area contributed by atoms with Crippen molar-refractivity contribution in [1.29, 1.82) is 5.26 Å². The molecule has 0 fully saturated rings. The molecule has 78 valence electrons. The second kappa shape index (κ2) is 7.86. The van der Waals surface area contributed by atoms with E-state index in [2.05, 4.69) is 15.4 Å². The van der Waals surface area contributed by atoms with E-state index < -0.39 is 6.03 Å². The SMILES string of the molecule is CCOC(=O)CCNC(=O)NCC#N. The third-order valence-electron chi connectivity index (χ3n) is 1.25. The predicted molar refractivity (Wildman–Crippen MR) is 48.3 cm³/mol. The zero-order valence-electron chi connectivity index (χ0n) is 8.00. The number of amides is 2. The minimum absolute atomic E-state index is 0.0504. The summed E-state index contributed by atoms with van der Waals surface area (Å²) in [5.74, 6) is -0.354. The van der Waals surface area contributed by atoms with E-state index >= 15 is 0 Å². The van der Waals surface area contributed by atoms with Crippen LogP contribution in [0, 0.1) is 11.3 Å². The molecule has 0 aromatic heterocycles. The summed E-state index contributed by atoms with van der Waals surface area (Å²) in [5, 5.41) is 12.8. The highest BCUT2D eigenvalue weighted by atomic mass is 16.5. The van der Waals surface area contributed by atoms with Crippen LogP contribution < -0.4 is 10.6 Å². The van der Waals surface area contributed by atoms with Crippen LogP contribution in [-0.2, 0) is 9.53 Å². The van der Waals surface area contributed by atoms with Crippen molar-refractivity contribution in [2.75, 3.05) is 19.7 Å². The second-order valence-corrected chi connectivity index (χ2v) is 2.32. The standard InChI is InChI=1S/C8H13N3O3/c1-2-14-7(12)3-5-10-8(13)11-6-4-9/h2-3,5-6H2,1H3,(H2,10,11,13). The number of hydrogen-bond acceptors (Lipinski definition) is 4. The molecule has 0 atom stereocenters. The van der Waals surface area contributed by atoms with E-state index in [0.29, 0.717) is 6.61 Å². The second-order valence-electron chi connectivity index (χ2n) is 2.32. The van der Waals surface area contributed by atoms with Gasteiger partial charge in [-0.2, -0.15) is 5.26 Å². The monoisotopic (exact) mass is 199 g/mol. The normalized spacial score (nSPS) is 8.57. The number of nitriles is 1. The molecular formula is C8H13N3O3. The summed E-state index contributed by atoms with van der Waals surface area (Å²) in [5.41, 5.74) is 0. The van der Waals surface area contributed by atoms with Crippen LogP contribution in [0.25, 0.3) is 0 Å². The van der Waals surface area contributed by atoms with E-state index in [1.54, 1.807) is 13.0 Å². The van der Waals surface area contributed by atoms with E-state index in [1.165, 1.54) is 0 Å². The fraction of sp³-hybridized carbons (Fsp3) is 0.625. The highest BCUT2D eigenvalue weighted by molar-refractivity contribution is 5.75. The van der Waals surface area contributed by atoms with Gasteiger partial charge in [-0.1, -0.05) is 0 Å². The summed E-state index contributed by atoms with van der Waals surface area (Å²) in [4.78, 5) is 21.6. The Morgan fingerprint density at radius 3 is 2.71 bits per heavy atom. The molecule has 14 heavy (non-hydrogen) atoms. The van der Waals surface area contributed by atoms with Gasteiger partial charge in [0.15, 0.2) is 0 Å². The maximum atomic E-state index is 10.8. The number of esters is 1. The predicted octanol–water partition coefficient (Wildman–Crippen LogP) is -0.238. The van der Waals surface area contributed by atoms with Crippen LogP contribution in [0.2, 0.25) is 0 Å². The van der Waals surface area contributed by atoms with Crippen molar-refractivity contribution in [2.24, 2.45) is 0 Å². The van der Waals surface area contributed by atoms with Crippen molar-refractivity contribution in [2.45, 2.75) is 13.3 Å². The minimum Gasteiger partial charge on any atom is -0.466 e. The third kappa shape index (κ3) is 6.91. The fourth-order valence-corrected chi connectivity index (χ4v) is 0.694. The maximum Gasteiger partial charge on any atom is 0.315 e. The molecule has 0 aliphatic carbocycles. The van der Waals surface area contributed by atoms with Crippen molar-refractivity contribution in [1.82, 2.24) is 10.6 Å². The van der Waals surface area contributed by atoms with Crippen LogP contribution in [0.15, 0.2) is 0 Å². The quantitative estimate of drug-likeness (QED) is 0.472. The highest BCUT2D eigenvalue weighted by Crippen LogP contribution is 1.83. The molecule has 0 aliphatic heterocycles. The van der Waals surface area contributed by atoms with Crippen LogP contribution in [0.5, 0.6) is 0 Å². The summed E-state index contributed by atoms with van der Waals surface area (Å²) in [6.07, 6.45) is 0.133. The average Bonchev–Trinajstić information content (AvgIpc) is 2.15. The van der Waals surface area contributed by atoms with Crippen molar-refractivity contribution in [3.63, 3.8) is 0 Å². The average molecular weight is 199 g/mol. The molecule has 2 N–H and O–H groups in total. The first-order valence-corrected chi connectivity index (χ1v) is 4.25. The lowest BCUT2D eigenvalue weighted by molar-refractivity contribution is -0.142. The van der Waals surface area contributed by atoms with Gasteiger partial charge in [-0.15, -0.1) is 0 Å². The van der Waals surface area contributed by atoms with Gasteiger partial charge in [0.2, 0.25) is 0 Å². The molecule has 0 aromatic rings. The van der Waals surface area contributed by atoms with Gasteiger partial charge in [-0.3, -0.25) is 4.79 Å². The van der Waals surface area contributed by atoms with Crippen molar-refractivity contribution in [3.8, 4) is 6.07 Å². The lowest BCUT2D eigenvalue weighted by Crippen LogP contribution is -2.36. The van der Waals surface area contributed by atoms with Gasteiger partial charge in [0.1, 0.15) is 6.54 Å². The maximum absolute atomic E-state index is 10.8. The zero-order valence-corrected chi connectivity index (χ0v) is 8.00. The smallest absolute Gasteiger partial charge is 0.315 e. The van der Waals surface area contributed by atoms with Crippen LogP contribution in [0.4, 0.5) is 4.79 Å². The summed E-state index contributed by atoms with van der Waals surface area (Å²) < 4.78 is 4.64. The Hall–Kier alpha value is -1.77. The van der Waals surface area contributed by atoms with E-state index in [9.17, 15) is 9.59 Å². The first kappa shape index (κ1) is 12.2. The largest absolute Gasteiger partial charge is 0.466 e. The molecule has 0 spiro atoms. The molecule has 6 nitrogen and oxygen atoms in total. The summed E-state index contributed by atoms with van der Waals surface area (Å²) in [6, 6.07) is 1.29. The molecule has 2 amide bonds. The van der Waals surface area contributed by atoms with E-state index in [4.69, 9.17) is 5.26 Å². The third-order valence-corrected chi connectivity index (χ3v) is 1.25. The van der Waals surface area contributed by atoms with Gasteiger partial charge in [0, 0.05) is 6.54 Å². The Morgan fingerprint density at radius 2 is 2.14 bits per heavy atom. The zero-order chi connectivity index (χ0) is 10.8. The molecule has 0 saturated carbocycles. The molecule has 0 rings (SSSR count). The number of nitrogens with one attached hydrogen (secondary N) is 2. The summed E-state index contributed by atoms with van der Waals surface area (Å²) >= 11 is 0. The molecule has 0 aliphatic rings. The Labute approximate surface area is 82.2 Å². The lowest BCUT2D eigenvalue weighted by Gasteiger charge is -2.04. The van der Waals surface area contributed by atoms with Crippen molar-refractivity contribution < 1.29 is 14.3 Å².